The summed E-state index contributed by atoms with van der Waals surface area (Å²) in [7, 11) is 0. The van der Waals surface area contributed by atoms with Gasteiger partial charge in [-0.1, -0.05) is 18.2 Å². The Balaban J connectivity index is 1.44. The van der Waals surface area contributed by atoms with E-state index in [1.807, 2.05) is 24.3 Å². The third-order valence-corrected chi connectivity index (χ3v) is 3.77. The number of halogens is 1. The van der Waals surface area contributed by atoms with E-state index in [1.165, 1.54) is 24.3 Å². The number of rotatable bonds is 6. The third-order valence-electron chi connectivity index (χ3n) is 3.77. The third kappa shape index (κ3) is 3.71. The summed E-state index contributed by atoms with van der Waals surface area (Å²) < 4.78 is 18.0. The molecule has 0 radical (unpaired) electrons. The molecule has 0 saturated carbocycles. The normalized spacial score (nSPS) is 12.9. The van der Waals surface area contributed by atoms with Gasteiger partial charge >= 0.3 is 0 Å². The molecule has 1 heterocycles. The van der Waals surface area contributed by atoms with Gasteiger partial charge in [0.2, 0.25) is 5.91 Å². The van der Waals surface area contributed by atoms with E-state index in [4.69, 9.17) is 4.74 Å². The topological polar surface area (TPSA) is 58.6 Å². The highest BCUT2D eigenvalue weighted by atomic mass is 19.1. The van der Waals surface area contributed by atoms with Gasteiger partial charge in [-0.2, -0.15) is 0 Å². The lowest BCUT2D eigenvalue weighted by atomic mass is 10.2. The fourth-order valence-corrected chi connectivity index (χ4v) is 2.60. The number of carbonyl (C=O) groups excluding carboxylic acids is 2. The molecule has 0 aromatic heterocycles. The number of para-hydroxylation sites is 1. The van der Waals surface area contributed by atoms with Crippen LogP contribution in [-0.2, 0) is 16.0 Å². The summed E-state index contributed by atoms with van der Waals surface area (Å²) in [5.74, 6) is -0.190. The van der Waals surface area contributed by atoms with Gasteiger partial charge in [0, 0.05) is 18.8 Å². The molecule has 1 N–H and O–H groups in total. The number of anilines is 1. The van der Waals surface area contributed by atoms with Crippen LogP contribution in [-0.4, -0.2) is 31.5 Å². The minimum absolute atomic E-state index is 0.0352. The molecule has 3 rings (SSSR count). The fraction of sp³-hybridized carbons (Fsp3) is 0.222. The van der Waals surface area contributed by atoms with Crippen LogP contribution in [0.15, 0.2) is 48.5 Å². The molecule has 0 spiro atoms. The Morgan fingerprint density at radius 3 is 2.71 bits per heavy atom. The minimum Gasteiger partial charge on any atom is -0.484 e. The number of hydrogen-bond acceptors (Lipinski definition) is 3. The largest absolute Gasteiger partial charge is 0.484 e. The lowest BCUT2D eigenvalue weighted by molar-refractivity contribution is -0.123. The zero-order valence-electron chi connectivity index (χ0n) is 13.0. The van der Waals surface area contributed by atoms with Crippen LogP contribution in [0.25, 0.3) is 0 Å². The van der Waals surface area contributed by atoms with Crippen LogP contribution >= 0.6 is 0 Å². The van der Waals surface area contributed by atoms with Crippen molar-refractivity contribution in [1.82, 2.24) is 5.32 Å². The highest BCUT2D eigenvalue weighted by Crippen LogP contribution is 2.27. The van der Waals surface area contributed by atoms with E-state index in [0.717, 1.165) is 11.3 Å². The monoisotopic (exact) mass is 328 g/mol. The smallest absolute Gasteiger partial charge is 0.258 e. The summed E-state index contributed by atoms with van der Waals surface area (Å²) in [6.07, 6.45) is 0.401. The second-order valence-electron chi connectivity index (χ2n) is 5.44. The number of carbonyl (C=O) groups is 2. The Hall–Kier alpha value is -2.89. The molecule has 124 valence electrons. The molecule has 2 aromatic rings. The van der Waals surface area contributed by atoms with Crippen molar-refractivity contribution in [3.63, 3.8) is 0 Å². The van der Waals surface area contributed by atoms with Gasteiger partial charge in [0.1, 0.15) is 11.6 Å². The molecule has 0 fully saturated rings. The Morgan fingerprint density at radius 1 is 1.17 bits per heavy atom. The number of fused-ring (bicyclic) bond motifs is 1. The first-order chi connectivity index (χ1) is 11.6. The van der Waals surface area contributed by atoms with Crippen molar-refractivity contribution in [3.8, 4) is 5.75 Å². The maximum atomic E-state index is 12.8. The molecule has 1 aliphatic rings. The van der Waals surface area contributed by atoms with Gasteiger partial charge in [-0.15, -0.1) is 0 Å². The average Bonchev–Trinajstić information content (AvgIpc) is 2.90. The van der Waals surface area contributed by atoms with Crippen LogP contribution in [0.2, 0.25) is 0 Å². The van der Waals surface area contributed by atoms with Crippen LogP contribution < -0.4 is 15.0 Å². The van der Waals surface area contributed by atoms with Crippen LogP contribution in [0, 0.1) is 5.82 Å². The maximum Gasteiger partial charge on any atom is 0.258 e. The first kappa shape index (κ1) is 16.0. The molecule has 0 atom stereocenters. The van der Waals surface area contributed by atoms with Gasteiger partial charge < -0.3 is 15.0 Å². The summed E-state index contributed by atoms with van der Waals surface area (Å²) in [6.45, 7) is 0.597. The Kier molecular flexibility index (Phi) is 4.74. The van der Waals surface area contributed by atoms with Crippen LogP contribution in [0.3, 0.4) is 0 Å². The fourth-order valence-electron chi connectivity index (χ4n) is 2.60. The predicted octanol–water partition coefficient (Wildman–Crippen LogP) is 1.91. The average molecular weight is 328 g/mol. The molecule has 0 bridgehead atoms. The summed E-state index contributed by atoms with van der Waals surface area (Å²) >= 11 is 0. The van der Waals surface area contributed by atoms with E-state index in [1.54, 1.807) is 4.90 Å². The number of benzene rings is 2. The Morgan fingerprint density at radius 2 is 1.92 bits per heavy atom. The number of hydrogen-bond donors (Lipinski definition) is 1. The lowest BCUT2D eigenvalue weighted by Crippen LogP contribution is -2.38. The lowest BCUT2D eigenvalue weighted by Gasteiger charge is -2.17. The highest BCUT2D eigenvalue weighted by molar-refractivity contribution is 6.01. The zero-order valence-corrected chi connectivity index (χ0v) is 13.0. The summed E-state index contributed by atoms with van der Waals surface area (Å²) in [5.41, 5.74) is 1.91. The molecule has 1 aliphatic heterocycles. The van der Waals surface area contributed by atoms with Crippen molar-refractivity contribution in [2.45, 2.75) is 6.42 Å². The summed E-state index contributed by atoms with van der Waals surface area (Å²) in [5, 5.41) is 2.71. The molecule has 0 unspecified atom stereocenters. The van der Waals surface area contributed by atoms with Gasteiger partial charge in [-0.25, -0.2) is 4.39 Å². The van der Waals surface area contributed by atoms with E-state index in [-0.39, 0.29) is 24.2 Å². The van der Waals surface area contributed by atoms with Gasteiger partial charge in [-0.3, -0.25) is 9.59 Å². The molecule has 5 nitrogen and oxygen atoms in total. The highest BCUT2D eigenvalue weighted by Gasteiger charge is 2.26. The van der Waals surface area contributed by atoms with Gasteiger partial charge in [0.05, 0.1) is 6.42 Å². The SMILES string of the molecule is O=C(COc1ccc(F)cc1)NCCN1C(=O)Cc2ccccc21. The number of amides is 2. The molecule has 2 amide bonds. The van der Waals surface area contributed by atoms with E-state index in [9.17, 15) is 14.0 Å². The van der Waals surface area contributed by atoms with Crippen molar-refractivity contribution in [2.24, 2.45) is 0 Å². The quantitative estimate of drug-likeness (QED) is 0.881. The molecular formula is C18H17FN2O3. The molecular weight excluding hydrogens is 311 g/mol. The second kappa shape index (κ2) is 7.12. The van der Waals surface area contributed by atoms with E-state index in [2.05, 4.69) is 5.32 Å². The van der Waals surface area contributed by atoms with Crippen molar-refractivity contribution in [2.75, 3.05) is 24.6 Å². The standard InChI is InChI=1S/C18H17FN2O3/c19-14-5-7-15(8-6-14)24-12-17(22)20-9-10-21-16-4-2-1-3-13(16)11-18(21)23/h1-8H,9-12H2,(H,20,22). The predicted molar refractivity (Wildman–Crippen MR) is 87.4 cm³/mol. The Labute approximate surface area is 139 Å². The molecule has 24 heavy (non-hydrogen) atoms. The van der Waals surface area contributed by atoms with Gasteiger partial charge in [0.25, 0.3) is 5.91 Å². The zero-order chi connectivity index (χ0) is 16.9. The molecule has 2 aromatic carbocycles. The molecule has 0 saturated heterocycles. The number of ether oxygens (including phenoxy) is 1. The first-order valence-corrected chi connectivity index (χ1v) is 7.67. The van der Waals surface area contributed by atoms with Crippen molar-refractivity contribution < 1.29 is 18.7 Å². The number of nitrogens with one attached hydrogen (secondary N) is 1. The molecule has 0 aliphatic carbocycles. The van der Waals surface area contributed by atoms with E-state index < -0.39 is 0 Å². The van der Waals surface area contributed by atoms with Gasteiger partial charge in [-0.05, 0) is 35.9 Å². The minimum atomic E-state index is -0.359. The summed E-state index contributed by atoms with van der Waals surface area (Å²) in [6, 6.07) is 13.1. The van der Waals surface area contributed by atoms with E-state index in [0.29, 0.717) is 25.3 Å². The van der Waals surface area contributed by atoms with E-state index >= 15 is 0 Å². The summed E-state index contributed by atoms with van der Waals surface area (Å²) in [4.78, 5) is 25.5. The van der Waals surface area contributed by atoms with Crippen molar-refractivity contribution >= 4 is 17.5 Å². The van der Waals surface area contributed by atoms with Crippen LogP contribution in [0.4, 0.5) is 10.1 Å². The van der Waals surface area contributed by atoms with Crippen molar-refractivity contribution in [3.05, 3.63) is 59.9 Å². The number of nitrogens with zero attached hydrogens (tertiary/aromatic N) is 1. The maximum absolute atomic E-state index is 12.8. The molecule has 6 heteroatoms. The van der Waals surface area contributed by atoms with Crippen molar-refractivity contribution in [1.29, 1.82) is 0 Å². The first-order valence-electron chi connectivity index (χ1n) is 7.67. The Bertz CT molecular complexity index is 746. The van der Waals surface area contributed by atoms with Crippen LogP contribution in [0.5, 0.6) is 5.75 Å². The second-order valence-corrected chi connectivity index (χ2v) is 5.44. The van der Waals surface area contributed by atoms with Crippen LogP contribution in [0.1, 0.15) is 5.56 Å². The van der Waals surface area contributed by atoms with Gasteiger partial charge in [0.15, 0.2) is 6.61 Å².